The molecule has 1 aliphatic heterocycles. The third-order valence-corrected chi connectivity index (χ3v) is 5.14. The second-order valence-electron chi connectivity index (χ2n) is 7.08. The van der Waals surface area contributed by atoms with Crippen LogP contribution in [0.1, 0.15) is 42.0 Å². The molecule has 2 aromatic rings. The lowest BCUT2D eigenvalue weighted by atomic mass is 9.84. The van der Waals surface area contributed by atoms with Gasteiger partial charge in [0.05, 0.1) is 5.56 Å². The van der Waals surface area contributed by atoms with E-state index < -0.39 is 17.7 Å². The summed E-state index contributed by atoms with van der Waals surface area (Å²) < 4.78 is 38.6. The Bertz CT molecular complexity index is 759. The van der Waals surface area contributed by atoms with Crippen LogP contribution in [-0.4, -0.2) is 22.5 Å². The highest BCUT2D eigenvalue weighted by atomic mass is 19.4. The molecule has 2 aromatic carbocycles. The van der Waals surface area contributed by atoms with Crippen LogP contribution in [0.25, 0.3) is 0 Å². The summed E-state index contributed by atoms with van der Waals surface area (Å²) in [6, 6.07) is 15.1. The van der Waals surface area contributed by atoms with Crippen molar-refractivity contribution in [3.05, 3.63) is 71.3 Å². The summed E-state index contributed by atoms with van der Waals surface area (Å²) in [6.45, 7) is 1.41. The molecule has 0 amide bonds. The number of rotatable bonds is 5. The number of aliphatic carboxylic acids is 1. The van der Waals surface area contributed by atoms with E-state index in [0.29, 0.717) is 13.0 Å². The van der Waals surface area contributed by atoms with Gasteiger partial charge in [0.15, 0.2) is 0 Å². The second-order valence-corrected chi connectivity index (χ2v) is 7.08. The summed E-state index contributed by atoms with van der Waals surface area (Å²) in [4.78, 5) is 13.3. The van der Waals surface area contributed by atoms with Gasteiger partial charge in [-0.2, -0.15) is 13.2 Å². The van der Waals surface area contributed by atoms with Crippen LogP contribution in [0, 0.1) is 5.92 Å². The van der Waals surface area contributed by atoms with Crippen molar-refractivity contribution in [2.24, 2.45) is 5.92 Å². The van der Waals surface area contributed by atoms with Crippen molar-refractivity contribution in [3.63, 3.8) is 0 Å². The van der Waals surface area contributed by atoms with E-state index in [2.05, 4.69) is 4.90 Å². The van der Waals surface area contributed by atoms with Crippen LogP contribution in [-0.2, 0) is 17.5 Å². The molecule has 0 bridgehead atoms. The Morgan fingerprint density at radius 1 is 1.07 bits per heavy atom. The number of halogens is 3. The zero-order valence-electron chi connectivity index (χ0n) is 14.8. The normalized spacial score (nSPS) is 21.1. The lowest BCUT2D eigenvalue weighted by Crippen LogP contribution is -2.37. The average Bonchev–Trinajstić information content (AvgIpc) is 2.63. The van der Waals surface area contributed by atoms with Crippen LogP contribution in [0.5, 0.6) is 0 Å². The Hall–Kier alpha value is -2.34. The molecular weight excluding hydrogens is 355 g/mol. The third kappa shape index (κ3) is 5.10. The number of carboxylic acids is 1. The summed E-state index contributed by atoms with van der Waals surface area (Å²) in [5, 5.41) is 9.11. The van der Waals surface area contributed by atoms with Crippen molar-refractivity contribution in [1.29, 1.82) is 0 Å². The Morgan fingerprint density at radius 3 is 2.33 bits per heavy atom. The molecule has 0 saturated carbocycles. The number of carbonyl (C=O) groups is 1. The number of hydrogen-bond donors (Lipinski definition) is 1. The van der Waals surface area contributed by atoms with Crippen LogP contribution in [0.3, 0.4) is 0 Å². The first-order chi connectivity index (χ1) is 12.8. The number of carboxylic acid groups (broad SMARTS) is 1. The fourth-order valence-corrected chi connectivity index (χ4v) is 3.77. The molecule has 1 fully saturated rings. The lowest BCUT2D eigenvalue weighted by Gasteiger charge is -2.39. The van der Waals surface area contributed by atoms with Crippen LogP contribution in [0.4, 0.5) is 13.2 Å². The molecule has 1 aliphatic rings. The van der Waals surface area contributed by atoms with Gasteiger partial charge in [-0.05, 0) is 48.6 Å². The molecule has 0 spiro atoms. The monoisotopic (exact) mass is 377 g/mol. The van der Waals surface area contributed by atoms with Crippen molar-refractivity contribution in [2.45, 2.75) is 38.0 Å². The minimum atomic E-state index is -4.36. The summed E-state index contributed by atoms with van der Waals surface area (Å²) in [7, 11) is 0. The number of nitrogens with zero attached hydrogens (tertiary/aromatic N) is 1. The molecule has 1 saturated heterocycles. The smallest absolute Gasteiger partial charge is 0.416 e. The molecule has 144 valence electrons. The molecule has 1 N–H and O–H groups in total. The Balaban J connectivity index is 1.83. The van der Waals surface area contributed by atoms with Crippen molar-refractivity contribution < 1.29 is 23.1 Å². The van der Waals surface area contributed by atoms with Gasteiger partial charge in [-0.3, -0.25) is 9.69 Å². The highest BCUT2D eigenvalue weighted by Crippen LogP contribution is 2.38. The van der Waals surface area contributed by atoms with Gasteiger partial charge in [-0.25, -0.2) is 0 Å². The highest BCUT2D eigenvalue weighted by Gasteiger charge is 2.33. The minimum Gasteiger partial charge on any atom is -0.481 e. The summed E-state index contributed by atoms with van der Waals surface area (Å²) in [5.41, 5.74) is 1.26. The first kappa shape index (κ1) is 19.4. The van der Waals surface area contributed by atoms with Crippen LogP contribution in [0.15, 0.2) is 54.6 Å². The maximum absolute atomic E-state index is 12.9. The van der Waals surface area contributed by atoms with Gasteiger partial charge >= 0.3 is 12.1 Å². The number of piperidine rings is 1. The van der Waals surface area contributed by atoms with Gasteiger partial charge in [-0.1, -0.05) is 42.5 Å². The van der Waals surface area contributed by atoms with Crippen LogP contribution in [0.2, 0.25) is 0 Å². The summed E-state index contributed by atoms with van der Waals surface area (Å²) in [6.07, 6.45) is -2.86. The van der Waals surface area contributed by atoms with E-state index in [1.54, 1.807) is 0 Å². The van der Waals surface area contributed by atoms with Crippen molar-refractivity contribution >= 4 is 5.97 Å². The molecule has 0 aliphatic carbocycles. The summed E-state index contributed by atoms with van der Waals surface area (Å²) in [5.74, 6) is -0.801. The van der Waals surface area contributed by atoms with Gasteiger partial charge in [0, 0.05) is 19.0 Å². The van der Waals surface area contributed by atoms with E-state index in [4.69, 9.17) is 5.11 Å². The van der Waals surface area contributed by atoms with Gasteiger partial charge in [-0.15, -0.1) is 0 Å². The van der Waals surface area contributed by atoms with Crippen molar-refractivity contribution in [2.75, 3.05) is 6.54 Å². The van der Waals surface area contributed by atoms with E-state index in [-0.39, 0.29) is 18.4 Å². The molecule has 2 atom stereocenters. The zero-order chi connectivity index (χ0) is 19.4. The fourth-order valence-electron chi connectivity index (χ4n) is 3.77. The largest absolute Gasteiger partial charge is 0.481 e. The molecular formula is C21H22F3NO2. The van der Waals surface area contributed by atoms with Crippen molar-refractivity contribution in [1.82, 2.24) is 4.90 Å². The standard InChI is InChI=1S/C21H22F3NO2/c22-21(23,24)18-8-6-17(7-9-18)19-12-16(13-20(26)27)10-11-25(19)14-15-4-2-1-3-5-15/h1-9,16,19H,10-14H2,(H,26,27). The molecule has 0 aromatic heterocycles. The van der Waals surface area contributed by atoms with Gasteiger partial charge < -0.3 is 5.11 Å². The Morgan fingerprint density at radius 2 is 1.74 bits per heavy atom. The quantitative estimate of drug-likeness (QED) is 0.785. The zero-order valence-corrected chi connectivity index (χ0v) is 14.8. The van der Waals surface area contributed by atoms with Crippen LogP contribution >= 0.6 is 0 Å². The Kier molecular flexibility index (Phi) is 5.85. The number of alkyl halides is 3. The fraction of sp³-hybridized carbons (Fsp3) is 0.381. The van der Waals surface area contributed by atoms with Gasteiger partial charge in [0.1, 0.15) is 0 Å². The van der Waals surface area contributed by atoms with E-state index in [0.717, 1.165) is 36.2 Å². The number of benzene rings is 2. The van der Waals surface area contributed by atoms with Crippen molar-refractivity contribution in [3.8, 4) is 0 Å². The molecule has 2 unspecified atom stereocenters. The van der Waals surface area contributed by atoms with Crippen LogP contribution < -0.4 is 0 Å². The number of likely N-dealkylation sites (tertiary alicyclic amines) is 1. The topological polar surface area (TPSA) is 40.5 Å². The predicted octanol–water partition coefficient (Wildman–Crippen LogP) is 5.13. The van der Waals surface area contributed by atoms with E-state index in [1.807, 2.05) is 30.3 Å². The molecule has 27 heavy (non-hydrogen) atoms. The lowest BCUT2D eigenvalue weighted by molar-refractivity contribution is -0.139. The average molecular weight is 377 g/mol. The van der Waals surface area contributed by atoms with E-state index >= 15 is 0 Å². The molecule has 0 radical (unpaired) electrons. The molecule has 3 nitrogen and oxygen atoms in total. The SMILES string of the molecule is O=C(O)CC1CCN(Cc2ccccc2)C(c2ccc(C(F)(F)F)cc2)C1. The molecule has 6 heteroatoms. The maximum atomic E-state index is 12.9. The first-order valence-corrected chi connectivity index (χ1v) is 9.00. The predicted molar refractivity (Wildman–Crippen MR) is 96.0 cm³/mol. The van der Waals surface area contributed by atoms with E-state index in [1.165, 1.54) is 12.1 Å². The maximum Gasteiger partial charge on any atom is 0.416 e. The minimum absolute atomic E-state index is 0.0295. The third-order valence-electron chi connectivity index (χ3n) is 5.14. The first-order valence-electron chi connectivity index (χ1n) is 9.00. The summed E-state index contributed by atoms with van der Waals surface area (Å²) >= 11 is 0. The van der Waals surface area contributed by atoms with E-state index in [9.17, 15) is 18.0 Å². The molecule has 3 rings (SSSR count). The van der Waals surface area contributed by atoms with Gasteiger partial charge in [0.2, 0.25) is 0 Å². The highest BCUT2D eigenvalue weighted by molar-refractivity contribution is 5.67. The second kappa shape index (κ2) is 8.13. The van der Waals surface area contributed by atoms with Gasteiger partial charge in [0.25, 0.3) is 0 Å². The Labute approximate surface area is 156 Å². The molecule has 1 heterocycles. The number of hydrogen-bond acceptors (Lipinski definition) is 2.